The zero-order chi connectivity index (χ0) is 17.2. The molecule has 0 unspecified atom stereocenters. The van der Waals surface area contributed by atoms with Crippen LogP contribution in [0, 0.1) is 6.92 Å². The van der Waals surface area contributed by atoms with E-state index in [9.17, 15) is 4.79 Å². The molecule has 1 aromatic carbocycles. The molecule has 2 aromatic rings. The van der Waals surface area contributed by atoms with Crippen molar-refractivity contribution in [1.29, 1.82) is 0 Å². The highest BCUT2D eigenvalue weighted by Crippen LogP contribution is 2.11. The number of carbonyl (C=O) groups is 1. The van der Waals surface area contributed by atoms with Gasteiger partial charge in [0.15, 0.2) is 12.4 Å². The number of aryl methyl sites for hydroxylation is 1. The molecule has 0 bridgehead atoms. The molecule has 0 spiro atoms. The van der Waals surface area contributed by atoms with Crippen molar-refractivity contribution < 1.29 is 9.53 Å². The Bertz CT molecular complexity index is 626. The Kier molecular flexibility index (Phi) is 7.01. The quantitative estimate of drug-likeness (QED) is 0.690. The first-order valence-corrected chi connectivity index (χ1v) is 8.24. The second-order valence-electron chi connectivity index (χ2n) is 5.59. The van der Waals surface area contributed by atoms with Gasteiger partial charge in [-0.25, -0.2) is 0 Å². The van der Waals surface area contributed by atoms with Crippen molar-refractivity contribution in [3.05, 3.63) is 42.0 Å². The number of nitrogens with one attached hydrogen (secondary N) is 2. The van der Waals surface area contributed by atoms with Gasteiger partial charge < -0.3 is 15.4 Å². The predicted molar refractivity (Wildman–Crippen MR) is 95.4 cm³/mol. The molecule has 1 aromatic heterocycles. The Hall–Kier alpha value is -2.63. The number of anilines is 2. The van der Waals surface area contributed by atoms with Crippen LogP contribution in [0.2, 0.25) is 0 Å². The number of nitrogens with zero attached hydrogens (tertiary/aromatic N) is 2. The fraction of sp³-hybridized carbons (Fsp3) is 0.389. The van der Waals surface area contributed by atoms with Gasteiger partial charge in [0, 0.05) is 6.54 Å². The maximum atomic E-state index is 11.9. The van der Waals surface area contributed by atoms with Gasteiger partial charge in [-0.1, -0.05) is 37.5 Å². The lowest BCUT2D eigenvalue weighted by Crippen LogP contribution is -2.21. The van der Waals surface area contributed by atoms with Crippen molar-refractivity contribution >= 4 is 17.5 Å². The molecule has 6 nitrogen and oxygen atoms in total. The van der Waals surface area contributed by atoms with Gasteiger partial charge >= 0.3 is 0 Å². The Balaban J connectivity index is 1.74. The van der Waals surface area contributed by atoms with Gasteiger partial charge in [0.25, 0.3) is 5.91 Å². The number of amides is 1. The Morgan fingerprint density at radius 3 is 2.42 bits per heavy atom. The van der Waals surface area contributed by atoms with E-state index in [1.165, 1.54) is 12.8 Å². The minimum Gasteiger partial charge on any atom is -0.484 e. The van der Waals surface area contributed by atoms with E-state index in [2.05, 4.69) is 27.8 Å². The Morgan fingerprint density at radius 1 is 1.04 bits per heavy atom. The first-order valence-electron chi connectivity index (χ1n) is 8.24. The monoisotopic (exact) mass is 328 g/mol. The third kappa shape index (κ3) is 6.24. The van der Waals surface area contributed by atoms with Gasteiger partial charge in [0.1, 0.15) is 11.6 Å². The van der Waals surface area contributed by atoms with Crippen LogP contribution in [0.4, 0.5) is 11.6 Å². The number of hydrogen-bond donors (Lipinski definition) is 2. The summed E-state index contributed by atoms with van der Waals surface area (Å²) < 4.78 is 5.42. The smallest absolute Gasteiger partial charge is 0.263 e. The summed E-state index contributed by atoms with van der Waals surface area (Å²) in [6.07, 6.45) is 3.48. The largest absolute Gasteiger partial charge is 0.484 e. The van der Waals surface area contributed by atoms with Crippen molar-refractivity contribution in [3.63, 3.8) is 0 Å². The van der Waals surface area contributed by atoms with Crippen LogP contribution in [0.5, 0.6) is 5.75 Å². The summed E-state index contributed by atoms with van der Waals surface area (Å²) in [6.45, 7) is 4.97. The molecular formula is C18H24N4O2. The first-order chi connectivity index (χ1) is 11.7. The number of hydrogen-bond acceptors (Lipinski definition) is 5. The molecule has 2 rings (SSSR count). The van der Waals surface area contributed by atoms with E-state index in [-0.39, 0.29) is 12.5 Å². The van der Waals surface area contributed by atoms with E-state index < -0.39 is 0 Å². The molecule has 24 heavy (non-hydrogen) atoms. The molecule has 0 aliphatic rings. The molecule has 2 N–H and O–H groups in total. The van der Waals surface area contributed by atoms with Gasteiger partial charge in [0.05, 0.1) is 0 Å². The average molecular weight is 328 g/mol. The molecule has 0 saturated carbocycles. The van der Waals surface area contributed by atoms with Crippen LogP contribution in [-0.4, -0.2) is 29.3 Å². The molecular weight excluding hydrogens is 304 g/mol. The minimum atomic E-state index is -0.270. The predicted octanol–water partition coefficient (Wildman–Crippen LogP) is 3.40. The van der Waals surface area contributed by atoms with Crippen molar-refractivity contribution in [2.24, 2.45) is 0 Å². The van der Waals surface area contributed by atoms with Gasteiger partial charge in [0.2, 0.25) is 0 Å². The van der Waals surface area contributed by atoms with Gasteiger partial charge in [-0.15, -0.1) is 10.2 Å². The molecule has 0 saturated heterocycles. The molecule has 0 aliphatic carbocycles. The summed E-state index contributed by atoms with van der Waals surface area (Å²) in [4.78, 5) is 11.9. The lowest BCUT2D eigenvalue weighted by atomic mass is 10.2. The Labute approximate surface area is 142 Å². The highest BCUT2D eigenvalue weighted by Gasteiger charge is 2.05. The zero-order valence-corrected chi connectivity index (χ0v) is 14.2. The SMILES string of the molecule is CCCCCNc1ccc(NC(=O)COc2ccc(C)cc2)nn1. The van der Waals surface area contributed by atoms with E-state index in [1.807, 2.05) is 31.2 Å². The summed E-state index contributed by atoms with van der Waals surface area (Å²) in [5.41, 5.74) is 1.14. The summed E-state index contributed by atoms with van der Waals surface area (Å²) in [5, 5.41) is 13.9. The van der Waals surface area contributed by atoms with Crippen molar-refractivity contribution in [2.75, 3.05) is 23.8 Å². The molecule has 6 heteroatoms. The number of carbonyl (C=O) groups excluding carboxylic acids is 1. The number of aromatic nitrogens is 2. The van der Waals surface area contributed by atoms with E-state index >= 15 is 0 Å². The molecule has 1 heterocycles. The second-order valence-corrected chi connectivity index (χ2v) is 5.59. The number of ether oxygens (including phenoxy) is 1. The number of rotatable bonds is 9. The van der Waals surface area contributed by atoms with Crippen LogP contribution in [0.25, 0.3) is 0 Å². The van der Waals surface area contributed by atoms with Crippen molar-refractivity contribution in [3.8, 4) is 5.75 Å². The highest BCUT2D eigenvalue weighted by atomic mass is 16.5. The van der Waals surface area contributed by atoms with E-state index in [0.717, 1.165) is 18.5 Å². The standard InChI is InChI=1S/C18H24N4O2/c1-3-4-5-12-19-16-10-11-17(22-21-16)20-18(23)13-24-15-8-6-14(2)7-9-15/h6-11H,3-5,12-13H2,1-2H3,(H,19,21)(H,20,22,23). The average Bonchev–Trinajstić information content (AvgIpc) is 2.60. The molecule has 0 aliphatic heterocycles. The summed E-state index contributed by atoms with van der Waals surface area (Å²) in [7, 11) is 0. The third-order valence-corrected chi connectivity index (χ3v) is 3.41. The number of unbranched alkanes of at least 4 members (excludes halogenated alkanes) is 2. The maximum absolute atomic E-state index is 11.9. The van der Waals surface area contributed by atoms with Crippen LogP contribution in [-0.2, 0) is 4.79 Å². The normalized spacial score (nSPS) is 10.2. The molecule has 0 radical (unpaired) electrons. The fourth-order valence-corrected chi connectivity index (χ4v) is 2.05. The summed E-state index contributed by atoms with van der Waals surface area (Å²) in [6, 6.07) is 11.1. The first kappa shape index (κ1) is 17.7. The van der Waals surface area contributed by atoms with Crippen molar-refractivity contribution in [2.45, 2.75) is 33.1 Å². The van der Waals surface area contributed by atoms with Crippen LogP contribution < -0.4 is 15.4 Å². The molecule has 1 amide bonds. The highest BCUT2D eigenvalue weighted by molar-refractivity contribution is 5.90. The summed E-state index contributed by atoms with van der Waals surface area (Å²) in [5.74, 6) is 1.51. The van der Waals surface area contributed by atoms with E-state index in [0.29, 0.717) is 17.4 Å². The molecule has 0 fully saturated rings. The topological polar surface area (TPSA) is 76.1 Å². The van der Waals surface area contributed by atoms with Gasteiger partial charge in [-0.2, -0.15) is 0 Å². The van der Waals surface area contributed by atoms with Gasteiger partial charge in [-0.3, -0.25) is 4.79 Å². The number of benzene rings is 1. The van der Waals surface area contributed by atoms with Crippen LogP contribution in [0.3, 0.4) is 0 Å². The van der Waals surface area contributed by atoms with E-state index in [1.54, 1.807) is 12.1 Å². The van der Waals surface area contributed by atoms with Crippen LogP contribution in [0.1, 0.15) is 31.7 Å². The van der Waals surface area contributed by atoms with Crippen LogP contribution >= 0.6 is 0 Å². The van der Waals surface area contributed by atoms with Crippen molar-refractivity contribution in [1.82, 2.24) is 10.2 Å². The zero-order valence-electron chi connectivity index (χ0n) is 14.2. The van der Waals surface area contributed by atoms with E-state index in [4.69, 9.17) is 4.74 Å². The maximum Gasteiger partial charge on any atom is 0.263 e. The fourth-order valence-electron chi connectivity index (χ4n) is 2.05. The lowest BCUT2D eigenvalue weighted by Gasteiger charge is -2.08. The lowest BCUT2D eigenvalue weighted by molar-refractivity contribution is -0.118. The summed E-state index contributed by atoms with van der Waals surface area (Å²) >= 11 is 0. The Morgan fingerprint density at radius 2 is 1.75 bits per heavy atom. The van der Waals surface area contributed by atoms with Crippen LogP contribution in [0.15, 0.2) is 36.4 Å². The molecule has 0 atom stereocenters. The second kappa shape index (κ2) is 9.50. The van der Waals surface area contributed by atoms with Gasteiger partial charge in [-0.05, 0) is 37.6 Å². The third-order valence-electron chi connectivity index (χ3n) is 3.41. The molecule has 128 valence electrons. The minimum absolute atomic E-state index is 0.0677.